The van der Waals surface area contributed by atoms with Gasteiger partial charge in [0.25, 0.3) is 0 Å². The Kier molecular flexibility index (Phi) is 2.19. The number of hydrogen-bond acceptors (Lipinski definition) is 0. The fourth-order valence-corrected chi connectivity index (χ4v) is 2.95. The maximum atomic E-state index is 4.32. The summed E-state index contributed by atoms with van der Waals surface area (Å²) in [6.07, 6.45) is 1.03. The molecule has 0 atom stereocenters. The van der Waals surface area contributed by atoms with Gasteiger partial charge in [-0.3, -0.25) is 0 Å². The third kappa shape index (κ3) is 1.44. The minimum Gasteiger partial charge on any atom is -0.0905 e. The molecule has 0 unspecified atom stereocenters. The Hall–Kier alpha value is -1.82. The van der Waals surface area contributed by atoms with Gasteiger partial charge in [-0.25, -0.2) is 0 Å². The standard InChI is InChI=1S/C17H16/c1-11-6-4-8-14-10-15-9-5-7-12(2)17(15)13(3)16(11)14/h4-9H,3,10H2,1-2H3. The highest BCUT2D eigenvalue weighted by Gasteiger charge is 2.20. The van der Waals surface area contributed by atoms with Gasteiger partial charge in [0.15, 0.2) is 0 Å². The van der Waals surface area contributed by atoms with Gasteiger partial charge in [0.05, 0.1) is 0 Å². The third-order valence-corrected chi connectivity index (χ3v) is 3.70. The van der Waals surface area contributed by atoms with Crippen molar-refractivity contribution < 1.29 is 0 Å². The van der Waals surface area contributed by atoms with E-state index in [9.17, 15) is 0 Å². The minimum absolute atomic E-state index is 1.03. The molecule has 2 aromatic carbocycles. The molecule has 0 spiro atoms. The van der Waals surface area contributed by atoms with Gasteiger partial charge < -0.3 is 0 Å². The number of aryl methyl sites for hydroxylation is 2. The first kappa shape index (κ1) is 10.3. The number of rotatable bonds is 0. The van der Waals surface area contributed by atoms with Crippen molar-refractivity contribution in [3.8, 4) is 0 Å². The second-order valence-corrected chi connectivity index (χ2v) is 4.87. The SMILES string of the molecule is C=C1c2c(C)cccc2Cc2cccc(C)c21. The van der Waals surface area contributed by atoms with Crippen LogP contribution in [0.4, 0.5) is 0 Å². The number of fused-ring (bicyclic) bond motifs is 2. The lowest BCUT2D eigenvalue weighted by atomic mass is 9.79. The van der Waals surface area contributed by atoms with E-state index in [2.05, 4.69) is 56.8 Å². The molecule has 2 aromatic rings. The molecule has 0 bridgehead atoms. The van der Waals surface area contributed by atoms with Crippen molar-refractivity contribution in [3.63, 3.8) is 0 Å². The van der Waals surface area contributed by atoms with Crippen LogP contribution in [-0.4, -0.2) is 0 Å². The van der Waals surface area contributed by atoms with E-state index in [4.69, 9.17) is 0 Å². The van der Waals surface area contributed by atoms with E-state index >= 15 is 0 Å². The highest BCUT2D eigenvalue weighted by atomic mass is 14.2. The lowest BCUT2D eigenvalue weighted by Gasteiger charge is -2.25. The van der Waals surface area contributed by atoms with Crippen molar-refractivity contribution in [2.24, 2.45) is 0 Å². The Morgan fingerprint density at radius 3 is 1.76 bits per heavy atom. The highest BCUT2D eigenvalue weighted by molar-refractivity contribution is 5.87. The van der Waals surface area contributed by atoms with Gasteiger partial charge in [-0.05, 0) is 59.2 Å². The van der Waals surface area contributed by atoms with Crippen LogP contribution in [0.15, 0.2) is 43.0 Å². The summed E-state index contributed by atoms with van der Waals surface area (Å²) in [5.41, 5.74) is 9.39. The first-order valence-electron chi connectivity index (χ1n) is 6.05. The van der Waals surface area contributed by atoms with Gasteiger partial charge in [-0.2, -0.15) is 0 Å². The zero-order valence-corrected chi connectivity index (χ0v) is 10.4. The quantitative estimate of drug-likeness (QED) is 0.530. The molecule has 1 aliphatic rings. The normalized spacial score (nSPS) is 13.2. The van der Waals surface area contributed by atoms with Crippen LogP contribution < -0.4 is 0 Å². The third-order valence-electron chi connectivity index (χ3n) is 3.70. The van der Waals surface area contributed by atoms with Gasteiger partial charge in [0.2, 0.25) is 0 Å². The first-order chi connectivity index (χ1) is 8.18. The largest absolute Gasteiger partial charge is 0.0905 e. The molecule has 17 heavy (non-hydrogen) atoms. The van der Waals surface area contributed by atoms with E-state index < -0.39 is 0 Å². The van der Waals surface area contributed by atoms with Gasteiger partial charge in [-0.1, -0.05) is 43.0 Å². The predicted octanol–water partition coefficient (Wildman–Crippen LogP) is 4.27. The molecule has 0 saturated carbocycles. The van der Waals surface area contributed by atoms with Gasteiger partial charge in [-0.15, -0.1) is 0 Å². The van der Waals surface area contributed by atoms with Crippen molar-refractivity contribution in [3.05, 3.63) is 76.4 Å². The van der Waals surface area contributed by atoms with Gasteiger partial charge in [0.1, 0.15) is 0 Å². The summed E-state index contributed by atoms with van der Waals surface area (Å²) in [5.74, 6) is 0. The molecule has 0 N–H and O–H groups in total. The molecule has 0 heterocycles. The van der Waals surface area contributed by atoms with Crippen molar-refractivity contribution in [1.29, 1.82) is 0 Å². The second-order valence-electron chi connectivity index (χ2n) is 4.87. The zero-order chi connectivity index (χ0) is 12.0. The Morgan fingerprint density at radius 1 is 0.824 bits per heavy atom. The average Bonchev–Trinajstić information content (AvgIpc) is 2.28. The molecule has 0 heteroatoms. The average molecular weight is 220 g/mol. The van der Waals surface area contributed by atoms with E-state index in [0.717, 1.165) is 6.42 Å². The summed E-state index contributed by atoms with van der Waals surface area (Å²) >= 11 is 0. The molecule has 0 fully saturated rings. The molecule has 0 saturated heterocycles. The first-order valence-corrected chi connectivity index (χ1v) is 6.05. The lowest BCUT2D eigenvalue weighted by molar-refractivity contribution is 1.11. The summed E-state index contributed by atoms with van der Waals surface area (Å²) in [5, 5.41) is 0. The Balaban J connectivity index is 2.30. The van der Waals surface area contributed by atoms with E-state index in [1.807, 2.05) is 0 Å². The van der Waals surface area contributed by atoms with Crippen LogP contribution in [0.25, 0.3) is 5.57 Å². The van der Waals surface area contributed by atoms with Crippen LogP contribution in [0, 0.1) is 13.8 Å². The minimum atomic E-state index is 1.03. The van der Waals surface area contributed by atoms with Gasteiger partial charge >= 0.3 is 0 Å². The van der Waals surface area contributed by atoms with Crippen LogP contribution in [0.5, 0.6) is 0 Å². The second kappa shape index (κ2) is 3.59. The number of hydrogen-bond donors (Lipinski definition) is 0. The summed E-state index contributed by atoms with van der Waals surface area (Å²) in [4.78, 5) is 0. The molecular weight excluding hydrogens is 204 g/mol. The van der Waals surface area contributed by atoms with Crippen LogP contribution in [-0.2, 0) is 6.42 Å². The topological polar surface area (TPSA) is 0 Å². The summed E-state index contributed by atoms with van der Waals surface area (Å²) in [7, 11) is 0. The fraction of sp³-hybridized carbons (Fsp3) is 0.176. The smallest absolute Gasteiger partial charge is 0.00133 e. The molecule has 0 aromatic heterocycles. The zero-order valence-electron chi connectivity index (χ0n) is 10.4. The number of benzene rings is 2. The fourth-order valence-electron chi connectivity index (χ4n) is 2.95. The molecule has 0 radical (unpaired) electrons. The van der Waals surface area contributed by atoms with E-state index in [1.165, 1.54) is 39.0 Å². The maximum Gasteiger partial charge on any atom is -0.00133 e. The molecule has 0 amide bonds. The van der Waals surface area contributed by atoms with Crippen molar-refractivity contribution in [2.75, 3.05) is 0 Å². The van der Waals surface area contributed by atoms with Crippen molar-refractivity contribution in [1.82, 2.24) is 0 Å². The van der Waals surface area contributed by atoms with Crippen molar-refractivity contribution in [2.45, 2.75) is 20.3 Å². The van der Waals surface area contributed by atoms with Crippen molar-refractivity contribution >= 4 is 5.57 Å². The van der Waals surface area contributed by atoms with Crippen LogP contribution in [0.2, 0.25) is 0 Å². The van der Waals surface area contributed by atoms with E-state index in [0.29, 0.717) is 0 Å². The van der Waals surface area contributed by atoms with E-state index in [-0.39, 0.29) is 0 Å². The van der Waals surface area contributed by atoms with Crippen LogP contribution in [0.1, 0.15) is 33.4 Å². The predicted molar refractivity (Wildman–Crippen MR) is 73.3 cm³/mol. The maximum absolute atomic E-state index is 4.32. The van der Waals surface area contributed by atoms with Gasteiger partial charge in [0, 0.05) is 0 Å². The van der Waals surface area contributed by atoms with Crippen LogP contribution >= 0.6 is 0 Å². The highest BCUT2D eigenvalue weighted by Crippen LogP contribution is 2.37. The molecule has 0 nitrogen and oxygen atoms in total. The monoisotopic (exact) mass is 220 g/mol. The molecule has 1 aliphatic carbocycles. The molecular formula is C17H16. The lowest BCUT2D eigenvalue weighted by Crippen LogP contribution is -2.08. The van der Waals surface area contributed by atoms with Crippen LogP contribution in [0.3, 0.4) is 0 Å². The Bertz CT molecular complexity index is 564. The molecule has 84 valence electrons. The Morgan fingerprint density at radius 2 is 1.29 bits per heavy atom. The molecule has 3 rings (SSSR count). The summed E-state index contributed by atoms with van der Waals surface area (Å²) < 4.78 is 0. The summed E-state index contributed by atoms with van der Waals surface area (Å²) in [6, 6.07) is 13.1. The molecule has 0 aliphatic heterocycles. The van der Waals surface area contributed by atoms with E-state index in [1.54, 1.807) is 0 Å². The summed E-state index contributed by atoms with van der Waals surface area (Å²) in [6.45, 7) is 8.67. The Labute approximate surface area is 103 Å².